The van der Waals surface area contributed by atoms with Gasteiger partial charge in [0, 0.05) is 12.4 Å². The summed E-state index contributed by atoms with van der Waals surface area (Å²) in [5, 5.41) is 0. The topological polar surface area (TPSA) is 51.6 Å². The molecule has 0 saturated carbocycles. The molecule has 1 aliphatic rings. The van der Waals surface area contributed by atoms with E-state index >= 15 is 0 Å². The van der Waals surface area contributed by atoms with Gasteiger partial charge in [0.15, 0.2) is 5.70 Å². The van der Waals surface area contributed by atoms with Crippen LogP contribution in [0.25, 0.3) is 6.08 Å². The molecule has 0 amide bonds. The molecule has 1 aromatic carbocycles. The summed E-state index contributed by atoms with van der Waals surface area (Å²) in [7, 11) is 0. The van der Waals surface area contributed by atoms with E-state index in [1.807, 2.05) is 24.3 Å². The van der Waals surface area contributed by atoms with Crippen molar-refractivity contribution in [3.63, 3.8) is 0 Å². The fourth-order valence-electron chi connectivity index (χ4n) is 2.03. The maximum Gasteiger partial charge on any atom is 0.363 e. The molecule has 2 heterocycles. The van der Waals surface area contributed by atoms with Gasteiger partial charge in [-0.3, -0.25) is 4.98 Å². The Hall–Kier alpha value is -2.75. The van der Waals surface area contributed by atoms with Gasteiger partial charge in [-0.05, 0) is 35.8 Å². The number of carbonyl (C=O) groups is 1. The Bertz CT molecular complexity index is 716. The summed E-state index contributed by atoms with van der Waals surface area (Å²) < 4.78 is 5.18. The van der Waals surface area contributed by atoms with E-state index in [0.29, 0.717) is 17.2 Å². The van der Waals surface area contributed by atoms with Crippen LogP contribution in [0.4, 0.5) is 0 Å². The molecule has 0 spiro atoms. The maximum atomic E-state index is 11.9. The lowest BCUT2D eigenvalue weighted by molar-refractivity contribution is -0.129. The SMILES string of the molecule is CCc1ccc(/C=C2/N=C(c3cccnc3)OC2=O)cc1. The van der Waals surface area contributed by atoms with Crippen LogP contribution in [0.5, 0.6) is 0 Å². The molecule has 1 aliphatic heterocycles. The molecule has 0 atom stereocenters. The molecule has 0 radical (unpaired) electrons. The zero-order valence-corrected chi connectivity index (χ0v) is 11.6. The van der Waals surface area contributed by atoms with Crippen molar-refractivity contribution in [2.45, 2.75) is 13.3 Å². The molecule has 0 saturated heterocycles. The number of pyridine rings is 1. The standard InChI is InChI=1S/C17H14N2O2/c1-2-12-5-7-13(8-6-12)10-15-17(20)21-16(19-15)14-4-3-9-18-11-14/h3-11H,2H2,1H3/b15-10+. The van der Waals surface area contributed by atoms with E-state index in [-0.39, 0.29) is 0 Å². The Labute approximate surface area is 122 Å². The van der Waals surface area contributed by atoms with Gasteiger partial charge in [0.05, 0.1) is 5.56 Å². The van der Waals surface area contributed by atoms with E-state index in [2.05, 4.69) is 16.9 Å². The zero-order valence-electron chi connectivity index (χ0n) is 11.6. The second-order valence-corrected chi connectivity index (χ2v) is 4.67. The van der Waals surface area contributed by atoms with Gasteiger partial charge < -0.3 is 4.74 Å². The fraction of sp³-hybridized carbons (Fsp3) is 0.118. The van der Waals surface area contributed by atoms with Gasteiger partial charge in [-0.15, -0.1) is 0 Å². The molecular weight excluding hydrogens is 264 g/mol. The Morgan fingerprint density at radius 3 is 2.67 bits per heavy atom. The van der Waals surface area contributed by atoms with Crippen molar-refractivity contribution in [1.29, 1.82) is 0 Å². The summed E-state index contributed by atoms with van der Waals surface area (Å²) in [6.45, 7) is 2.10. The summed E-state index contributed by atoms with van der Waals surface area (Å²) in [5.74, 6) is -0.141. The third-order valence-corrected chi connectivity index (χ3v) is 3.22. The molecule has 2 aromatic rings. The van der Waals surface area contributed by atoms with Crippen LogP contribution in [-0.2, 0) is 16.0 Å². The fourth-order valence-corrected chi connectivity index (χ4v) is 2.03. The van der Waals surface area contributed by atoms with Crippen LogP contribution in [0, 0.1) is 0 Å². The highest BCUT2D eigenvalue weighted by molar-refractivity contribution is 6.12. The Morgan fingerprint density at radius 1 is 1.19 bits per heavy atom. The Kier molecular flexibility index (Phi) is 3.60. The summed E-state index contributed by atoms with van der Waals surface area (Å²) in [5.41, 5.74) is 3.18. The van der Waals surface area contributed by atoms with Crippen molar-refractivity contribution in [2.24, 2.45) is 4.99 Å². The van der Waals surface area contributed by atoms with Crippen LogP contribution in [0.15, 0.2) is 59.5 Å². The van der Waals surface area contributed by atoms with Gasteiger partial charge >= 0.3 is 5.97 Å². The highest BCUT2D eigenvalue weighted by Crippen LogP contribution is 2.19. The number of aliphatic imine (C=N–C) groups is 1. The highest BCUT2D eigenvalue weighted by atomic mass is 16.6. The summed E-state index contributed by atoms with van der Waals surface area (Å²) in [4.78, 5) is 20.1. The van der Waals surface area contributed by atoms with Crippen LogP contribution in [0.2, 0.25) is 0 Å². The van der Waals surface area contributed by atoms with E-state index in [1.165, 1.54) is 5.56 Å². The van der Waals surface area contributed by atoms with Gasteiger partial charge in [0.2, 0.25) is 5.90 Å². The first-order valence-electron chi connectivity index (χ1n) is 6.78. The molecule has 4 nitrogen and oxygen atoms in total. The van der Waals surface area contributed by atoms with Crippen LogP contribution in [0.1, 0.15) is 23.6 Å². The normalized spacial score (nSPS) is 16.0. The highest BCUT2D eigenvalue weighted by Gasteiger charge is 2.24. The van der Waals surface area contributed by atoms with E-state index < -0.39 is 5.97 Å². The number of aryl methyl sites for hydroxylation is 1. The van der Waals surface area contributed by atoms with Crippen molar-refractivity contribution in [2.75, 3.05) is 0 Å². The molecule has 3 rings (SSSR count). The van der Waals surface area contributed by atoms with E-state index in [1.54, 1.807) is 30.6 Å². The number of esters is 1. The van der Waals surface area contributed by atoms with Crippen molar-refractivity contribution in [3.8, 4) is 0 Å². The number of aromatic nitrogens is 1. The minimum atomic E-state index is -0.437. The lowest BCUT2D eigenvalue weighted by Crippen LogP contribution is -2.05. The van der Waals surface area contributed by atoms with Gasteiger partial charge in [-0.2, -0.15) is 0 Å². The molecule has 0 aliphatic carbocycles. The van der Waals surface area contributed by atoms with Gasteiger partial charge in [0.25, 0.3) is 0 Å². The van der Waals surface area contributed by atoms with Gasteiger partial charge in [0.1, 0.15) is 0 Å². The molecule has 0 bridgehead atoms. The van der Waals surface area contributed by atoms with Crippen LogP contribution < -0.4 is 0 Å². The van der Waals surface area contributed by atoms with Gasteiger partial charge in [-0.1, -0.05) is 31.2 Å². The molecule has 0 fully saturated rings. The summed E-state index contributed by atoms with van der Waals surface area (Å²) in [6.07, 6.45) is 5.99. The van der Waals surface area contributed by atoms with Crippen LogP contribution >= 0.6 is 0 Å². The predicted octanol–water partition coefficient (Wildman–Crippen LogP) is 2.99. The zero-order chi connectivity index (χ0) is 14.7. The summed E-state index contributed by atoms with van der Waals surface area (Å²) in [6, 6.07) is 11.6. The largest absolute Gasteiger partial charge is 0.402 e. The minimum absolute atomic E-state index is 0.296. The molecule has 0 N–H and O–H groups in total. The number of ether oxygens (including phenoxy) is 1. The number of carbonyl (C=O) groups excluding carboxylic acids is 1. The third kappa shape index (κ3) is 2.89. The first-order chi connectivity index (χ1) is 10.3. The number of hydrogen-bond acceptors (Lipinski definition) is 4. The van der Waals surface area contributed by atoms with Crippen molar-refractivity contribution in [3.05, 3.63) is 71.2 Å². The van der Waals surface area contributed by atoms with E-state index in [0.717, 1.165) is 12.0 Å². The predicted molar refractivity (Wildman–Crippen MR) is 80.7 cm³/mol. The number of cyclic esters (lactones) is 1. The number of rotatable bonds is 3. The van der Waals surface area contributed by atoms with Crippen molar-refractivity contribution in [1.82, 2.24) is 4.98 Å². The first kappa shape index (κ1) is 13.2. The molecule has 104 valence electrons. The number of benzene rings is 1. The molecule has 0 unspecified atom stereocenters. The van der Waals surface area contributed by atoms with E-state index in [4.69, 9.17) is 4.74 Å². The number of hydrogen-bond donors (Lipinski definition) is 0. The second-order valence-electron chi connectivity index (χ2n) is 4.67. The molecule has 4 heteroatoms. The summed E-state index contributed by atoms with van der Waals surface area (Å²) >= 11 is 0. The van der Waals surface area contributed by atoms with Gasteiger partial charge in [-0.25, -0.2) is 9.79 Å². The Balaban J connectivity index is 1.89. The molecular formula is C17H14N2O2. The molecule has 1 aromatic heterocycles. The monoisotopic (exact) mass is 278 g/mol. The maximum absolute atomic E-state index is 11.9. The molecule has 21 heavy (non-hydrogen) atoms. The van der Waals surface area contributed by atoms with Crippen molar-refractivity contribution >= 4 is 17.9 Å². The lowest BCUT2D eigenvalue weighted by atomic mass is 10.1. The van der Waals surface area contributed by atoms with Crippen LogP contribution in [-0.4, -0.2) is 16.9 Å². The first-order valence-corrected chi connectivity index (χ1v) is 6.78. The van der Waals surface area contributed by atoms with Crippen molar-refractivity contribution < 1.29 is 9.53 Å². The smallest absolute Gasteiger partial charge is 0.363 e. The lowest BCUT2D eigenvalue weighted by Gasteiger charge is -1.97. The van der Waals surface area contributed by atoms with E-state index in [9.17, 15) is 4.79 Å². The Morgan fingerprint density at radius 2 is 2.00 bits per heavy atom. The third-order valence-electron chi connectivity index (χ3n) is 3.22. The quantitative estimate of drug-likeness (QED) is 0.640. The minimum Gasteiger partial charge on any atom is -0.402 e. The average molecular weight is 278 g/mol. The van der Waals surface area contributed by atoms with Crippen LogP contribution in [0.3, 0.4) is 0 Å². The number of nitrogens with zero attached hydrogens (tertiary/aromatic N) is 2. The second kappa shape index (κ2) is 5.71. The average Bonchev–Trinajstić information content (AvgIpc) is 2.90.